The zero-order valence-corrected chi connectivity index (χ0v) is 20.8. The number of Topliss-reactive ketones (excluding diaryl/α,β-unsaturated/α-hetero) is 1. The minimum Gasteiger partial charge on any atom is -0.480 e. The molecule has 2 saturated heterocycles. The number of urea groups is 1. The Labute approximate surface area is 213 Å². The number of thioether (sulfide) groups is 1. The first-order chi connectivity index (χ1) is 17.2. The minimum atomic E-state index is -1.41. The standard InChI is InChI=1S/C23H33N5O7S/c24-20(22(33)34)13(15(29)9-11-28-18(31)7-8-19(28)32)4-3-10-25-17(30)6-2-1-5-16-21-14(12-36-16)26-23(35)27-21/h7-8,13-14,16,20-21H,1-6,9-12,24H2,(H,25,30)(H,33,34)(H2,26,27,35)/t13?,14?,16?,20-,21?/m0/s1. The zero-order chi connectivity index (χ0) is 26.2. The summed E-state index contributed by atoms with van der Waals surface area (Å²) in [6.07, 6.45) is 5.44. The number of amides is 5. The Morgan fingerprint density at radius 2 is 1.83 bits per heavy atom. The fraction of sp³-hybridized carbons (Fsp3) is 0.652. The van der Waals surface area contributed by atoms with Crippen molar-refractivity contribution in [3.05, 3.63) is 12.2 Å². The number of carbonyl (C=O) groups is 6. The molecule has 5 atom stereocenters. The lowest BCUT2D eigenvalue weighted by molar-refractivity contribution is -0.143. The third-order valence-corrected chi connectivity index (χ3v) is 8.22. The number of rotatable bonds is 15. The van der Waals surface area contributed by atoms with Gasteiger partial charge in [-0.3, -0.25) is 28.9 Å². The van der Waals surface area contributed by atoms with Crippen molar-refractivity contribution in [1.82, 2.24) is 20.9 Å². The number of hydrogen-bond acceptors (Lipinski definition) is 8. The van der Waals surface area contributed by atoms with E-state index in [9.17, 15) is 33.9 Å². The number of fused-ring (bicyclic) bond motifs is 1. The predicted octanol–water partition coefficient (Wildman–Crippen LogP) is -0.479. The van der Waals surface area contributed by atoms with Crippen molar-refractivity contribution in [2.45, 2.75) is 68.3 Å². The summed E-state index contributed by atoms with van der Waals surface area (Å²) in [6, 6.07) is -1.19. The molecule has 3 rings (SSSR count). The van der Waals surface area contributed by atoms with E-state index in [4.69, 9.17) is 5.73 Å². The number of nitrogens with zero attached hydrogens (tertiary/aromatic N) is 1. The lowest BCUT2D eigenvalue weighted by atomic mass is 9.89. The maximum Gasteiger partial charge on any atom is 0.321 e. The molecule has 5 amide bonds. The molecule has 0 aromatic rings. The van der Waals surface area contributed by atoms with Crippen LogP contribution in [0.3, 0.4) is 0 Å². The molecule has 0 aromatic heterocycles. The van der Waals surface area contributed by atoms with Crippen LogP contribution < -0.4 is 21.7 Å². The van der Waals surface area contributed by atoms with Gasteiger partial charge in [-0.1, -0.05) is 6.42 Å². The predicted molar refractivity (Wildman–Crippen MR) is 131 cm³/mol. The Kier molecular flexibility index (Phi) is 9.88. The Balaban J connectivity index is 1.32. The lowest BCUT2D eigenvalue weighted by Crippen LogP contribution is -2.43. The average molecular weight is 524 g/mol. The molecule has 6 N–H and O–H groups in total. The van der Waals surface area contributed by atoms with Gasteiger partial charge in [0.25, 0.3) is 11.8 Å². The molecule has 3 aliphatic rings. The molecule has 13 heteroatoms. The molecule has 2 fully saturated rings. The van der Waals surface area contributed by atoms with E-state index < -0.39 is 35.5 Å². The second-order valence-electron chi connectivity index (χ2n) is 9.21. The van der Waals surface area contributed by atoms with E-state index in [1.165, 1.54) is 0 Å². The summed E-state index contributed by atoms with van der Waals surface area (Å²) in [6.45, 7) is 0.147. The van der Waals surface area contributed by atoms with E-state index in [0.29, 0.717) is 18.1 Å². The third kappa shape index (κ3) is 7.29. The topological polar surface area (TPSA) is 188 Å². The number of carboxylic acid groups (broad SMARTS) is 1. The molecule has 0 spiro atoms. The van der Waals surface area contributed by atoms with Crippen molar-refractivity contribution >= 4 is 47.3 Å². The molecule has 3 heterocycles. The SMILES string of the molecule is N[C@H](C(=O)O)C(CCCNC(=O)CCCCC1SCC2NC(=O)NC21)C(=O)CCN1C(=O)C=CC1=O. The second-order valence-corrected chi connectivity index (χ2v) is 10.5. The molecule has 3 aliphatic heterocycles. The van der Waals surface area contributed by atoms with Crippen LogP contribution in [-0.4, -0.2) is 87.7 Å². The van der Waals surface area contributed by atoms with E-state index in [2.05, 4.69) is 16.0 Å². The maximum absolute atomic E-state index is 12.6. The number of unbranched alkanes of at least 4 members (excludes halogenated alkanes) is 1. The molecule has 198 valence electrons. The van der Waals surface area contributed by atoms with Crippen molar-refractivity contribution in [2.75, 3.05) is 18.8 Å². The smallest absolute Gasteiger partial charge is 0.321 e. The van der Waals surface area contributed by atoms with Crippen LogP contribution in [0.15, 0.2) is 12.2 Å². The summed E-state index contributed by atoms with van der Waals surface area (Å²) < 4.78 is 0. The number of imide groups is 1. The van der Waals surface area contributed by atoms with Crippen LogP contribution in [0.5, 0.6) is 0 Å². The highest BCUT2D eigenvalue weighted by Crippen LogP contribution is 2.33. The Bertz CT molecular complexity index is 909. The van der Waals surface area contributed by atoms with Crippen LogP contribution in [0.25, 0.3) is 0 Å². The van der Waals surface area contributed by atoms with E-state index in [0.717, 1.165) is 42.1 Å². The van der Waals surface area contributed by atoms with Gasteiger partial charge in [0, 0.05) is 55.0 Å². The fourth-order valence-corrected chi connectivity index (χ4v) is 6.23. The average Bonchev–Trinajstić information content (AvgIpc) is 3.48. The Hall–Kier alpha value is -2.93. The van der Waals surface area contributed by atoms with Gasteiger partial charge in [-0.05, 0) is 25.7 Å². The maximum atomic E-state index is 12.6. The number of nitrogens with one attached hydrogen (secondary N) is 3. The first-order valence-corrected chi connectivity index (χ1v) is 13.2. The monoisotopic (exact) mass is 523 g/mol. The summed E-state index contributed by atoms with van der Waals surface area (Å²) in [7, 11) is 0. The van der Waals surface area contributed by atoms with Gasteiger partial charge < -0.3 is 26.8 Å². The Morgan fingerprint density at radius 3 is 2.53 bits per heavy atom. The van der Waals surface area contributed by atoms with Gasteiger partial charge in [0.1, 0.15) is 11.8 Å². The number of aliphatic carboxylic acids is 1. The number of carboxylic acids is 1. The number of hydrogen-bond donors (Lipinski definition) is 5. The van der Waals surface area contributed by atoms with Crippen molar-refractivity contribution in [3.63, 3.8) is 0 Å². The van der Waals surface area contributed by atoms with Crippen molar-refractivity contribution < 1.29 is 33.9 Å². The normalized spacial score (nSPS) is 24.3. The molecule has 0 saturated carbocycles. The van der Waals surface area contributed by atoms with Crippen LogP contribution >= 0.6 is 11.8 Å². The lowest BCUT2D eigenvalue weighted by Gasteiger charge is -2.21. The van der Waals surface area contributed by atoms with Crippen LogP contribution in [0.2, 0.25) is 0 Å². The molecule has 12 nitrogen and oxygen atoms in total. The van der Waals surface area contributed by atoms with Gasteiger partial charge in [0.05, 0.1) is 12.1 Å². The van der Waals surface area contributed by atoms with Gasteiger partial charge in [-0.2, -0.15) is 11.8 Å². The van der Waals surface area contributed by atoms with E-state index in [-0.39, 0.29) is 50.0 Å². The van der Waals surface area contributed by atoms with Crippen LogP contribution in [0.4, 0.5) is 4.79 Å². The molecule has 0 aromatic carbocycles. The van der Waals surface area contributed by atoms with Crippen molar-refractivity contribution in [3.8, 4) is 0 Å². The van der Waals surface area contributed by atoms with E-state index in [1.54, 1.807) is 0 Å². The van der Waals surface area contributed by atoms with Gasteiger partial charge >= 0.3 is 12.0 Å². The van der Waals surface area contributed by atoms with Gasteiger partial charge in [0.15, 0.2) is 0 Å². The highest BCUT2D eigenvalue weighted by atomic mass is 32.2. The van der Waals surface area contributed by atoms with Crippen LogP contribution in [-0.2, 0) is 24.0 Å². The summed E-state index contributed by atoms with van der Waals surface area (Å²) >= 11 is 1.84. The van der Waals surface area contributed by atoms with Gasteiger partial charge in [-0.15, -0.1) is 0 Å². The molecule has 0 bridgehead atoms. The molecule has 4 unspecified atom stereocenters. The highest BCUT2D eigenvalue weighted by Gasteiger charge is 2.42. The highest BCUT2D eigenvalue weighted by molar-refractivity contribution is 8.00. The number of carbonyl (C=O) groups excluding carboxylic acids is 5. The zero-order valence-electron chi connectivity index (χ0n) is 19.9. The number of ketones is 1. The summed E-state index contributed by atoms with van der Waals surface area (Å²) in [5.41, 5.74) is 5.72. The molecular formula is C23H33N5O7S. The molecule has 0 radical (unpaired) electrons. The third-order valence-electron chi connectivity index (χ3n) is 6.71. The summed E-state index contributed by atoms with van der Waals surface area (Å²) in [4.78, 5) is 71.8. The fourth-order valence-electron chi connectivity index (χ4n) is 4.68. The van der Waals surface area contributed by atoms with E-state index >= 15 is 0 Å². The molecule has 36 heavy (non-hydrogen) atoms. The minimum absolute atomic E-state index is 0.114. The summed E-state index contributed by atoms with van der Waals surface area (Å²) in [5, 5.41) is 18.3. The summed E-state index contributed by atoms with van der Waals surface area (Å²) in [5.74, 6) is -2.98. The van der Waals surface area contributed by atoms with Crippen molar-refractivity contribution in [1.29, 1.82) is 0 Å². The van der Waals surface area contributed by atoms with Crippen LogP contribution in [0.1, 0.15) is 44.9 Å². The number of nitrogens with two attached hydrogens (primary N) is 1. The second kappa shape index (κ2) is 12.9. The molecular weight excluding hydrogens is 490 g/mol. The largest absolute Gasteiger partial charge is 0.480 e. The molecule has 0 aliphatic carbocycles. The van der Waals surface area contributed by atoms with Crippen molar-refractivity contribution in [2.24, 2.45) is 11.7 Å². The quantitative estimate of drug-likeness (QED) is 0.107. The Morgan fingerprint density at radius 1 is 1.11 bits per heavy atom. The van der Waals surface area contributed by atoms with Gasteiger partial charge in [0.2, 0.25) is 5.91 Å². The van der Waals surface area contributed by atoms with Gasteiger partial charge in [-0.25, -0.2) is 4.79 Å². The first kappa shape index (κ1) is 27.7. The van der Waals surface area contributed by atoms with E-state index in [1.807, 2.05) is 11.8 Å². The van der Waals surface area contributed by atoms with Crippen LogP contribution in [0, 0.1) is 5.92 Å². The first-order valence-electron chi connectivity index (χ1n) is 12.2.